The van der Waals surface area contributed by atoms with Gasteiger partial charge in [0.2, 0.25) is 0 Å². The van der Waals surface area contributed by atoms with E-state index in [-0.39, 0.29) is 5.75 Å². The van der Waals surface area contributed by atoms with Crippen molar-refractivity contribution in [2.24, 2.45) is 0 Å². The van der Waals surface area contributed by atoms with Crippen LogP contribution in [0.3, 0.4) is 0 Å². The summed E-state index contributed by atoms with van der Waals surface area (Å²) in [7, 11) is 1.40. The molecule has 0 aliphatic heterocycles. The molecule has 0 amide bonds. The van der Waals surface area contributed by atoms with Crippen LogP contribution in [0.5, 0.6) is 5.75 Å². The Hall–Kier alpha value is -1.53. The van der Waals surface area contributed by atoms with Crippen molar-refractivity contribution in [1.29, 1.82) is 0 Å². The lowest BCUT2D eigenvalue weighted by Crippen LogP contribution is -1.98. The molecule has 1 aromatic carbocycles. The van der Waals surface area contributed by atoms with Gasteiger partial charge in [0.05, 0.1) is 13.2 Å². The number of ether oxygens (including phenoxy) is 1. The topological polar surface area (TPSA) is 29.5 Å². The van der Waals surface area contributed by atoms with E-state index in [1.165, 1.54) is 19.2 Å². The van der Waals surface area contributed by atoms with Gasteiger partial charge in [0.1, 0.15) is 0 Å². The molecule has 2 nitrogen and oxygen atoms in total. The Bertz CT molecular complexity index is 404. The molecule has 3 heteroatoms. The Labute approximate surface area is 95.1 Å². The smallest absolute Gasteiger partial charge is 0.165 e. The summed E-state index contributed by atoms with van der Waals surface area (Å²) in [5, 5.41) is 9.81. The van der Waals surface area contributed by atoms with Crippen molar-refractivity contribution < 1.29 is 14.2 Å². The summed E-state index contributed by atoms with van der Waals surface area (Å²) in [4.78, 5) is 0. The molecule has 1 aromatic rings. The van der Waals surface area contributed by atoms with E-state index < -0.39 is 11.9 Å². The van der Waals surface area contributed by atoms with Crippen LogP contribution in [0, 0.1) is 17.7 Å². The molecular formula is C13H15FO2. The van der Waals surface area contributed by atoms with Gasteiger partial charge in [-0.25, -0.2) is 4.39 Å². The van der Waals surface area contributed by atoms with E-state index in [9.17, 15) is 9.50 Å². The highest BCUT2D eigenvalue weighted by atomic mass is 19.1. The van der Waals surface area contributed by atoms with Crippen molar-refractivity contribution in [2.75, 3.05) is 7.11 Å². The maximum Gasteiger partial charge on any atom is 0.165 e. The van der Waals surface area contributed by atoms with Gasteiger partial charge in [-0.2, -0.15) is 0 Å². The molecule has 86 valence electrons. The quantitative estimate of drug-likeness (QED) is 0.794. The SMILES string of the molecule is CC#CCCC(O)c1ccc(F)c(OC)c1. The van der Waals surface area contributed by atoms with Crippen LogP contribution in [0.15, 0.2) is 18.2 Å². The maximum atomic E-state index is 13.1. The highest BCUT2D eigenvalue weighted by Gasteiger charge is 2.10. The third kappa shape index (κ3) is 3.25. The number of aliphatic hydroxyl groups is 1. The first kappa shape index (κ1) is 12.5. The van der Waals surface area contributed by atoms with E-state index in [4.69, 9.17) is 4.74 Å². The molecule has 1 atom stereocenters. The number of hydrogen-bond acceptors (Lipinski definition) is 2. The third-order valence-electron chi connectivity index (χ3n) is 2.28. The highest BCUT2D eigenvalue weighted by Crippen LogP contribution is 2.24. The number of benzene rings is 1. The standard InChI is InChI=1S/C13H15FO2/c1-3-4-5-6-12(15)10-7-8-11(14)13(9-10)16-2/h7-9,12,15H,5-6H2,1-2H3. The van der Waals surface area contributed by atoms with Gasteiger partial charge in [0.15, 0.2) is 11.6 Å². The summed E-state index contributed by atoms with van der Waals surface area (Å²) in [6.45, 7) is 1.76. The Balaban J connectivity index is 2.74. The number of hydrogen-bond donors (Lipinski definition) is 1. The van der Waals surface area contributed by atoms with E-state index in [2.05, 4.69) is 11.8 Å². The number of rotatable bonds is 4. The largest absolute Gasteiger partial charge is 0.494 e. The minimum Gasteiger partial charge on any atom is -0.494 e. The van der Waals surface area contributed by atoms with Crippen molar-refractivity contribution in [1.82, 2.24) is 0 Å². The molecule has 0 radical (unpaired) electrons. The van der Waals surface area contributed by atoms with Gasteiger partial charge in [0.25, 0.3) is 0 Å². The van der Waals surface area contributed by atoms with Gasteiger partial charge >= 0.3 is 0 Å². The van der Waals surface area contributed by atoms with Crippen LogP contribution in [-0.4, -0.2) is 12.2 Å². The molecule has 1 rings (SSSR count). The second kappa shape index (κ2) is 6.14. The number of methoxy groups -OCH3 is 1. The molecule has 0 spiro atoms. The molecule has 0 saturated heterocycles. The maximum absolute atomic E-state index is 13.1. The van der Waals surface area contributed by atoms with Gasteiger partial charge in [-0.05, 0) is 31.0 Å². The molecule has 16 heavy (non-hydrogen) atoms. The molecule has 0 aliphatic rings. The van der Waals surface area contributed by atoms with Crippen molar-refractivity contribution in [2.45, 2.75) is 25.9 Å². The normalized spacial score (nSPS) is 11.5. The van der Waals surface area contributed by atoms with Crippen LogP contribution in [0.25, 0.3) is 0 Å². The van der Waals surface area contributed by atoms with Crippen LogP contribution in [-0.2, 0) is 0 Å². The van der Waals surface area contributed by atoms with Crippen LogP contribution in [0.4, 0.5) is 4.39 Å². The fraction of sp³-hybridized carbons (Fsp3) is 0.385. The third-order valence-corrected chi connectivity index (χ3v) is 2.28. The first-order valence-corrected chi connectivity index (χ1v) is 5.10. The average Bonchev–Trinajstić information content (AvgIpc) is 2.30. The zero-order chi connectivity index (χ0) is 12.0. The van der Waals surface area contributed by atoms with Crippen molar-refractivity contribution in [3.05, 3.63) is 29.6 Å². The Morgan fingerprint density at radius 3 is 2.88 bits per heavy atom. The Morgan fingerprint density at radius 1 is 1.50 bits per heavy atom. The van der Waals surface area contributed by atoms with Gasteiger partial charge in [-0.1, -0.05) is 6.07 Å². The van der Waals surface area contributed by atoms with Gasteiger partial charge in [0, 0.05) is 6.42 Å². The highest BCUT2D eigenvalue weighted by molar-refractivity contribution is 5.31. The lowest BCUT2D eigenvalue weighted by Gasteiger charge is -2.11. The first-order chi connectivity index (χ1) is 7.69. The minimum absolute atomic E-state index is 0.151. The molecule has 0 aromatic heterocycles. The summed E-state index contributed by atoms with van der Waals surface area (Å²) in [5.74, 6) is 5.36. The van der Waals surface area contributed by atoms with Crippen molar-refractivity contribution in [3.8, 4) is 17.6 Å². The van der Waals surface area contributed by atoms with E-state index >= 15 is 0 Å². The van der Waals surface area contributed by atoms with Crippen molar-refractivity contribution >= 4 is 0 Å². The first-order valence-electron chi connectivity index (χ1n) is 5.10. The summed E-state index contributed by atoms with van der Waals surface area (Å²) in [5.41, 5.74) is 0.649. The van der Waals surface area contributed by atoms with Crippen LogP contribution in [0.1, 0.15) is 31.4 Å². The molecule has 0 fully saturated rings. The van der Waals surface area contributed by atoms with Gasteiger partial charge < -0.3 is 9.84 Å². The second-order valence-corrected chi connectivity index (χ2v) is 3.38. The van der Waals surface area contributed by atoms with Crippen molar-refractivity contribution in [3.63, 3.8) is 0 Å². The molecule has 0 aliphatic carbocycles. The summed E-state index contributed by atoms with van der Waals surface area (Å²) < 4.78 is 18.0. The zero-order valence-corrected chi connectivity index (χ0v) is 9.46. The van der Waals surface area contributed by atoms with Gasteiger partial charge in [-0.3, -0.25) is 0 Å². The minimum atomic E-state index is -0.629. The van der Waals surface area contributed by atoms with E-state index in [0.717, 1.165) is 0 Å². The molecule has 0 saturated carbocycles. The fourth-order valence-electron chi connectivity index (χ4n) is 1.38. The predicted molar refractivity (Wildman–Crippen MR) is 60.6 cm³/mol. The van der Waals surface area contributed by atoms with E-state index in [1.54, 1.807) is 13.0 Å². The Morgan fingerprint density at radius 2 is 2.25 bits per heavy atom. The van der Waals surface area contributed by atoms with Crippen LogP contribution in [0.2, 0.25) is 0 Å². The average molecular weight is 222 g/mol. The lowest BCUT2D eigenvalue weighted by atomic mass is 10.0. The van der Waals surface area contributed by atoms with E-state index in [0.29, 0.717) is 18.4 Å². The summed E-state index contributed by atoms with van der Waals surface area (Å²) in [6.07, 6.45) is 0.530. The zero-order valence-electron chi connectivity index (χ0n) is 9.46. The fourth-order valence-corrected chi connectivity index (χ4v) is 1.38. The predicted octanol–water partition coefficient (Wildman–Crippen LogP) is 2.67. The summed E-state index contributed by atoms with van der Waals surface area (Å²) in [6, 6.07) is 4.37. The molecular weight excluding hydrogens is 207 g/mol. The lowest BCUT2D eigenvalue weighted by molar-refractivity contribution is 0.169. The second-order valence-electron chi connectivity index (χ2n) is 3.38. The van der Waals surface area contributed by atoms with Crippen LogP contribution < -0.4 is 4.74 Å². The molecule has 0 heterocycles. The van der Waals surface area contributed by atoms with Gasteiger partial charge in [-0.15, -0.1) is 11.8 Å². The molecule has 1 N–H and O–H groups in total. The van der Waals surface area contributed by atoms with Crippen LogP contribution >= 0.6 is 0 Å². The molecule has 0 bridgehead atoms. The Kier molecular flexibility index (Phi) is 4.81. The summed E-state index contributed by atoms with van der Waals surface area (Å²) >= 11 is 0. The molecule has 1 unspecified atom stereocenters. The number of halogens is 1. The van der Waals surface area contributed by atoms with E-state index in [1.807, 2.05) is 0 Å². The monoisotopic (exact) mass is 222 g/mol. The number of aliphatic hydroxyl groups excluding tert-OH is 1.